The second-order valence-corrected chi connectivity index (χ2v) is 5.81. The van der Waals surface area contributed by atoms with Crippen molar-refractivity contribution in [3.63, 3.8) is 0 Å². The Labute approximate surface area is 107 Å². The van der Waals surface area contributed by atoms with Crippen LogP contribution in [0, 0.1) is 0 Å². The molecule has 0 radical (unpaired) electrons. The van der Waals surface area contributed by atoms with Gasteiger partial charge in [0.15, 0.2) is 0 Å². The maximum absolute atomic E-state index is 5.77. The number of nitrogens with zero attached hydrogens (tertiary/aromatic N) is 1. The molecule has 0 saturated carbocycles. The molecule has 3 nitrogen and oxygen atoms in total. The van der Waals surface area contributed by atoms with Crippen molar-refractivity contribution in [3.8, 4) is 0 Å². The molecule has 3 heteroatoms. The quantitative estimate of drug-likeness (QED) is 0.723. The largest absolute Gasteiger partial charge is 0.373 e. The maximum Gasteiger partial charge on any atom is 0.0678 e. The van der Waals surface area contributed by atoms with Gasteiger partial charge in [-0.05, 0) is 40.2 Å². The zero-order chi connectivity index (χ0) is 12.8. The Morgan fingerprint density at radius 3 is 2.29 bits per heavy atom. The lowest BCUT2D eigenvalue weighted by Gasteiger charge is -2.39. The second-order valence-electron chi connectivity index (χ2n) is 5.81. The summed E-state index contributed by atoms with van der Waals surface area (Å²) in [6, 6.07) is 1.28. The molecule has 1 rings (SSSR count). The third-order valence-corrected chi connectivity index (χ3v) is 3.42. The molecule has 1 unspecified atom stereocenters. The highest BCUT2D eigenvalue weighted by molar-refractivity contribution is 4.77. The summed E-state index contributed by atoms with van der Waals surface area (Å²) in [6.45, 7) is 14.4. The molecule has 1 N–H and O–H groups in total. The summed E-state index contributed by atoms with van der Waals surface area (Å²) in [6.07, 6.45) is 3.31. The Morgan fingerprint density at radius 2 is 1.76 bits per heavy atom. The molecule has 0 aromatic heterocycles. The zero-order valence-corrected chi connectivity index (χ0v) is 12.2. The van der Waals surface area contributed by atoms with Crippen LogP contribution in [0.2, 0.25) is 0 Å². The van der Waals surface area contributed by atoms with E-state index in [0.717, 1.165) is 19.6 Å². The number of hydrogen-bond donors (Lipinski definition) is 1. The Morgan fingerprint density at radius 1 is 1.18 bits per heavy atom. The van der Waals surface area contributed by atoms with Crippen LogP contribution in [0.25, 0.3) is 0 Å². The van der Waals surface area contributed by atoms with Gasteiger partial charge in [0.1, 0.15) is 0 Å². The summed E-state index contributed by atoms with van der Waals surface area (Å²) in [5.74, 6) is 0. The van der Waals surface area contributed by atoms with Gasteiger partial charge < -0.3 is 10.1 Å². The topological polar surface area (TPSA) is 24.5 Å². The first-order chi connectivity index (χ1) is 7.99. The highest BCUT2D eigenvalue weighted by Gasteiger charge is 2.25. The Balaban J connectivity index is 2.20. The van der Waals surface area contributed by atoms with Crippen LogP contribution in [0.3, 0.4) is 0 Å². The molecule has 1 aliphatic heterocycles. The van der Waals surface area contributed by atoms with Gasteiger partial charge >= 0.3 is 0 Å². The molecule has 0 spiro atoms. The van der Waals surface area contributed by atoms with Gasteiger partial charge in [0, 0.05) is 25.2 Å². The van der Waals surface area contributed by atoms with Crippen molar-refractivity contribution in [1.29, 1.82) is 0 Å². The predicted octanol–water partition coefficient (Wildman–Crippen LogP) is 2.26. The first kappa shape index (κ1) is 14.9. The summed E-state index contributed by atoms with van der Waals surface area (Å²) < 4.78 is 5.77. The lowest BCUT2D eigenvalue weighted by molar-refractivity contribution is -0.0792. The van der Waals surface area contributed by atoms with Crippen LogP contribution in [-0.2, 0) is 4.74 Å². The fraction of sp³-hybridized carbons (Fsp3) is 1.00. The Bertz CT molecular complexity index is 198. The van der Waals surface area contributed by atoms with Crippen LogP contribution in [-0.4, -0.2) is 48.8 Å². The SMILES string of the molecule is CC(C)NCCCC(C)N1C[C@@H](C)O[C@@H](C)C1. The number of hydrogen-bond acceptors (Lipinski definition) is 3. The molecule has 3 atom stereocenters. The highest BCUT2D eigenvalue weighted by Crippen LogP contribution is 2.15. The first-order valence-corrected chi connectivity index (χ1v) is 7.12. The normalized spacial score (nSPS) is 28.6. The molecule has 0 amide bonds. The van der Waals surface area contributed by atoms with Gasteiger partial charge in [0.2, 0.25) is 0 Å². The van der Waals surface area contributed by atoms with Gasteiger partial charge in [-0.25, -0.2) is 0 Å². The fourth-order valence-electron chi connectivity index (χ4n) is 2.55. The van der Waals surface area contributed by atoms with E-state index in [1.165, 1.54) is 12.8 Å². The van der Waals surface area contributed by atoms with E-state index in [2.05, 4.69) is 44.8 Å². The molecule has 1 saturated heterocycles. The lowest BCUT2D eigenvalue weighted by Crippen LogP contribution is -2.49. The van der Waals surface area contributed by atoms with Crippen molar-refractivity contribution in [2.45, 2.75) is 71.8 Å². The summed E-state index contributed by atoms with van der Waals surface area (Å²) in [5.41, 5.74) is 0. The van der Waals surface area contributed by atoms with Crippen LogP contribution >= 0.6 is 0 Å². The van der Waals surface area contributed by atoms with Crippen molar-refractivity contribution >= 4 is 0 Å². The average molecular weight is 242 g/mol. The van der Waals surface area contributed by atoms with Gasteiger partial charge in [0.25, 0.3) is 0 Å². The van der Waals surface area contributed by atoms with E-state index in [9.17, 15) is 0 Å². The van der Waals surface area contributed by atoms with E-state index >= 15 is 0 Å². The van der Waals surface area contributed by atoms with Crippen LogP contribution in [0.1, 0.15) is 47.5 Å². The van der Waals surface area contributed by atoms with Gasteiger partial charge in [-0.1, -0.05) is 13.8 Å². The zero-order valence-electron chi connectivity index (χ0n) is 12.2. The molecule has 1 fully saturated rings. The summed E-state index contributed by atoms with van der Waals surface area (Å²) in [4.78, 5) is 2.58. The van der Waals surface area contributed by atoms with E-state index in [0.29, 0.717) is 24.3 Å². The van der Waals surface area contributed by atoms with Crippen LogP contribution < -0.4 is 5.32 Å². The average Bonchev–Trinajstić information content (AvgIpc) is 2.22. The number of ether oxygens (including phenoxy) is 1. The smallest absolute Gasteiger partial charge is 0.0678 e. The van der Waals surface area contributed by atoms with Crippen molar-refractivity contribution in [1.82, 2.24) is 10.2 Å². The van der Waals surface area contributed by atoms with E-state index in [4.69, 9.17) is 4.74 Å². The van der Waals surface area contributed by atoms with Gasteiger partial charge in [-0.3, -0.25) is 4.90 Å². The molecule has 17 heavy (non-hydrogen) atoms. The van der Waals surface area contributed by atoms with E-state index in [1.807, 2.05) is 0 Å². The number of nitrogens with one attached hydrogen (secondary N) is 1. The van der Waals surface area contributed by atoms with E-state index < -0.39 is 0 Å². The minimum atomic E-state index is 0.384. The van der Waals surface area contributed by atoms with E-state index in [-0.39, 0.29) is 0 Å². The monoisotopic (exact) mass is 242 g/mol. The van der Waals surface area contributed by atoms with Crippen LogP contribution in [0.4, 0.5) is 0 Å². The van der Waals surface area contributed by atoms with Crippen molar-refractivity contribution < 1.29 is 4.74 Å². The highest BCUT2D eigenvalue weighted by atomic mass is 16.5. The second kappa shape index (κ2) is 7.34. The third-order valence-electron chi connectivity index (χ3n) is 3.42. The van der Waals surface area contributed by atoms with Crippen molar-refractivity contribution in [3.05, 3.63) is 0 Å². The summed E-state index contributed by atoms with van der Waals surface area (Å²) in [5, 5.41) is 3.48. The van der Waals surface area contributed by atoms with Gasteiger partial charge in [-0.2, -0.15) is 0 Å². The third kappa shape index (κ3) is 5.84. The fourth-order valence-corrected chi connectivity index (χ4v) is 2.55. The maximum atomic E-state index is 5.77. The number of morpholine rings is 1. The van der Waals surface area contributed by atoms with Crippen LogP contribution in [0.5, 0.6) is 0 Å². The minimum Gasteiger partial charge on any atom is -0.373 e. The molecule has 0 aromatic rings. The molecular formula is C14H30N2O. The molecule has 0 bridgehead atoms. The molecular weight excluding hydrogens is 212 g/mol. The van der Waals surface area contributed by atoms with Crippen LogP contribution in [0.15, 0.2) is 0 Å². The first-order valence-electron chi connectivity index (χ1n) is 7.12. The molecule has 0 aromatic carbocycles. The van der Waals surface area contributed by atoms with Gasteiger partial charge in [-0.15, -0.1) is 0 Å². The minimum absolute atomic E-state index is 0.384. The summed E-state index contributed by atoms with van der Waals surface area (Å²) >= 11 is 0. The summed E-state index contributed by atoms with van der Waals surface area (Å²) in [7, 11) is 0. The van der Waals surface area contributed by atoms with E-state index in [1.54, 1.807) is 0 Å². The Kier molecular flexibility index (Phi) is 6.45. The molecule has 0 aliphatic carbocycles. The van der Waals surface area contributed by atoms with Gasteiger partial charge in [0.05, 0.1) is 12.2 Å². The molecule has 1 aliphatic rings. The lowest BCUT2D eigenvalue weighted by atomic mass is 10.1. The standard InChI is InChI=1S/C14H30N2O/c1-11(2)15-8-6-7-12(3)16-9-13(4)17-14(5)10-16/h11-15H,6-10H2,1-5H3/t12?,13-,14+. The number of rotatable bonds is 6. The molecule has 102 valence electrons. The van der Waals surface area contributed by atoms with Crippen molar-refractivity contribution in [2.24, 2.45) is 0 Å². The predicted molar refractivity (Wildman–Crippen MR) is 73.4 cm³/mol. The Hall–Kier alpha value is -0.120. The van der Waals surface area contributed by atoms with Crippen molar-refractivity contribution in [2.75, 3.05) is 19.6 Å². The molecule has 1 heterocycles.